The second-order valence-electron chi connectivity index (χ2n) is 6.21. The lowest BCUT2D eigenvalue weighted by molar-refractivity contribution is -0.132. The highest BCUT2D eigenvalue weighted by Crippen LogP contribution is 2.28. The standard InChI is InChI=1S/C15H28N2OS/c1-12(2)16-10-13-6-5-8-17(11-13)15(18)14-7-3-4-9-19-14/h12-14,16H,3-11H2,1-2H3. The van der Waals surface area contributed by atoms with Gasteiger partial charge in [0.1, 0.15) is 0 Å². The van der Waals surface area contributed by atoms with Crippen LogP contribution in [0.25, 0.3) is 0 Å². The number of piperidine rings is 1. The van der Waals surface area contributed by atoms with E-state index < -0.39 is 0 Å². The van der Waals surface area contributed by atoms with Crippen LogP contribution in [0.4, 0.5) is 0 Å². The van der Waals surface area contributed by atoms with E-state index in [-0.39, 0.29) is 5.25 Å². The van der Waals surface area contributed by atoms with Gasteiger partial charge in [0.15, 0.2) is 0 Å². The Balaban J connectivity index is 1.80. The van der Waals surface area contributed by atoms with Crippen LogP contribution in [0.1, 0.15) is 46.0 Å². The molecule has 2 saturated heterocycles. The monoisotopic (exact) mass is 284 g/mol. The Hall–Kier alpha value is -0.220. The largest absolute Gasteiger partial charge is 0.341 e. The lowest BCUT2D eigenvalue weighted by Crippen LogP contribution is -2.47. The molecule has 0 radical (unpaired) electrons. The maximum Gasteiger partial charge on any atom is 0.235 e. The predicted molar refractivity (Wildman–Crippen MR) is 82.5 cm³/mol. The number of amides is 1. The van der Waals surface area contributed by atoms with E-state index in [0.717, 1.165) is 26.1 Å². The van der Waals surface area contributed by atoms with E-state index in [0.29, 0.717) is 17.9 Å². The van der Waals surface area contributed by atoms with Gasteiger partial charge in [0.2, 0.25) is 5.91 Å². The van der Waals surface area contributed by atoms with Gasteiger partial charge in [-0.1, -0.05) is 20.3 Å². The zero-order chi connectivity index (χ0) is 13.7. The smallest absolute Gasteiger partial charge is 0.235 e. The summed E-state index contributed by atoms with van der Waals surface area (Å²) in [4.78, 5) is 14.7. The van der Waals surface area contributed by atoms with E-state index in [1.165, 1.54) is 31.4 Å². The number of nitrogens with zero attached hydrogens (tertiary/aromatic N) is 1. The second-order valence-corrected chi connectivity index (χ2v) is 7.52. The molecule has 2 aliphatic heterocycles. The fraction of sp³-hybridized carbons (Fsp3) is 0.933. The van der Waals surface area contributed by atoms with Gasteiger partial charge < -0.3 is 10.2 Å². The summed E-state index contributed by atoms with van der Waals surface area (Å²) in [6.45, 7) is 7.37. The first kappa shape index (κ1) is 15.2. The Labute approximate surface area is 121 Å². The maximum absolute atomic E-state index is 12.5. The molecular formula is C15H28N2OS. The van der Waals surface area contributed by atoms with Crippen LogP contribution in [0.2, 0.25) is 0 Å². The van der Waals surface area contributed by atoms with Gasteiger partial charge in [0, 0.05) is 19.1 Å². The van der Waals surface area contributed by atoms with E-state index >= 15 is 0 Å². The molecule has 2 aliphatic rings. The van der Waals surface area contributed by atoms with Gasteiger partial charge in [-0.25, -0.2) is 0 Å². The molecule has 0 saturated carbocycles. The van der Waals surface area contributed by atoms with Crippen LogP contribution in [0.15, 0.2) is 0 Å². The molecular weight excluding hydrogens is 256 g/mol. The SMILES string of the molecule is CC(C)NCC1CCCN(C(=O)C2CCCCS2)C1. The average molecular weight is 284 g/mol. The summed E-state index contributed by atoms with van der Waals surface area (Å²) in [6, 6.07) is 0.542. The summed E-state index contributed by atoms with van der Waals surface area (Å²) in [5, 5.41) is 3.77. The molecule has 3 nitrogen and oxygen atoms in total. The number of likely N-dealkylation sites (tertiary alicyclic amines) is 1. The van der Waals surface area contributed by atoms with Gasteiger partial charge in [0.05, 0.1) is 5.25 Å². The normalized spacial score (nSPS) is 28.7. The molecule has 19 heavy (non-hydrogen) atoms. The fourth-order valence-electron chi connectivity index (χ4n) is 2.97. The second kappa shape index (κ2) is 7.53. The number of hydrogen-bond donors (Lipinski definition) is 1. The maximum atomic E-state index is 12.5. The predicted octanol–water partition coefficient (Wildman–Crippen LogP) is 2.51. The lowest BCUT2D eigenvalue weighted by atomic mass is 9.97. The van der Waals surface area contributed by atoms with Crippen molar-refractivity contribution in [2.75, 3.05) is 25.4 Å². The summed E-state index contributed by atoms with van der Waals surface area (Å²) in [5.41, 5.74) is 0. The number of hydrogen-bond acceptors (Lipinski definition) is 3. The molecule has 2 heterocycles. The molecule has 2 atom stereocenters. The van der Waals surface area contributed by atoms with Crippen molar-refractivity contribution in [2.45, 2.75) is 57.2 Å². The van der Waals surface area contributed by atoms with Crippen molar-refractivity contribution in [1.29, 1.82) is 0 Å². The highest BCUT2D eigenvalue weighted by molar-refractivity contribution is 8.00. The average Bonchev–Trinajstić information content (AvgIpc) is 2.45. The Morgan fingerprint density at radius 2 is 2.16 bits per heavy atom. The fourth-order valence-corrected chi connectivity index (χ4v) is 4.25. The first-order valence-corrected chi connectivity index (χ1v) is 8.85. The molecule has 0 aromatic rings. The molecule has 2 rings (SSSR count). The van der Waals surface area contributed by atoms with Gasteiger partial charge >= 0.3 is 0 Å². The summed E-state index contributed by atoms with van der Waals surface area (Å²) in [7, 11) is 0. The summed E-state index contributed by atoms with van der Waals surface area (Å²) < 4.78 is 0. The van der Waals surface area contributed by atoms with Crippen LogP contribution in [0.5, 0.6) is 0 Å². The van der Waals surface area contributed by atoms with Gasteiger partial charge in [-0.2, -0.15) is 0 Å². The third-order valence-corrected chi connectivity index (χ3v) is 5.46. The van der Waals surface area contributed by atoms with Crippen LogP contribution >= 0.6 is 11.8 Å². The van der Waals surface area contributed by atoms with E-state index in [1.807, 2.05) is 11.8 Å². The zero-order valence-electron chi connectivity index (χ0n) is 12.4. The summed E-state index contributed by atoms with van der Waals surface area (Å²) >= 11 is 1.88. The highest BCUT2D eigenvalue weighted by Gasteiger charge is 2.30. The number of thioether (sulfide) groups is 1. The minimum atomic E-state index is 0.255. The van der Waals surface area contributed by atoms with Gasteiger partial charge in [-0.05, 0) is 43.9 Å². The molecule has 0 aromatic carbocycles. The Morgan fingerprint density at radius 3 is 2.84 bits per heavy atom. The van der Waals surface area contributed by atoms with Crippen LogP contribution in [-0.4, -0.2) is 47.5 Å². The number of carbonyl (C=O) groups excluding carboxylic acids is 1. The molecule has 0 bridgehead atoms. The number of nitrogens with one attached hydrogen (secondary N) is 1. The third kappa shape index (κ3) is 4.67. The summed E-state index contributed by atoms with van der Waals surface area (Å²) in [6.07, 6.45) is 6.05. The van der Waals surface area contributed by atoms with E-state index in [4.69, 9.17) is 0 Å². The van der Waals surface area contributed by atoms with Crippen molar-refractivity contribution in [2.24, 2.45) is 5.92 Å². The topological polar surface area (TPSA) is 32.3 Å². The van der Waals surface area contributed by atoms with Crippen LogP contribution in [0.3, 0.4) is 0 Å². The van der Waals surface area contributed by atoms with Gasteiger partial charge in [-0.3, -0.25) is 4.79 Å². The number of rotatable bonds is 4. The molecule has 2 fully saturated rings. The molecule has 0 aliphatic carbocycles. The van der Waals surface area contributed by atoms with Crippen molar-refractivity contribution in [1.82, 2.24) is 10.2 Å². The molecule has 0 spiro atoms. The van der Waals surface area contributed by atoms with Crippen LogP contribution in [0, 0.1) is 5.92 Å². The first-order chi connectivity index (χ1) is 9.16. The quantitative estimate of drug-likeness (QED) is 0.861. The molecule has 4 heteroatoms. The minimum Gasteiger partial charge on any atom is -0.341 e. The minimum absolute atomic E-state index is 0.255. The third-order valence-electron chi connectivity index (χ3n) is 4.10. The Bertz CT molecular complexity index is 290. The molecule has 1 N–H and O–H groups in total. The van der Waals surface area contributed by atoms with E-state index in [2.05, 4.69) is 24.1 Å². The van der Waals surface area contributed by atoms with E-state index in [9.17, 15) is 4.79 Å². The van der Waals surface area contributed by atoms with E-state index in [1.54, 1.807) is 0 Å². The first-order valence-electron chi connectivity index (χ1n) is 7.80. The van der Waals surface area contributed by atoms with Gasteiger partial charge in [-0.15, -0.1) is 11.8 Å². The lowest BCUT2D eigenvalue weighted by Gasteiger charge is -2.36. The van der Waals surface area contributed by atoms with Gasteiger partial charge in [0.25, 0.3) is 0 Å². The number of carbonyl (C=O) groups is 1. The zero-order valence-corrected chi connectivity index (χ0v) is 13.2. The molecule has 110 valence electrons. The molecule has 2 unspecified atom stereocenters. The van der Waals surface area contributed by atoms with Crippen LogP contribution in [-0.2, 0) is 4.79 Å². The highest BCUT2D eigenvalue weighted by atomic mass is 32.2. The molecule has 0 aromatic heterocycles. The summed E-state index contributed by atoms with van der Waals surface area (Å²) in [5.74, 6) is 2.23. The van der Waals surface area contributed by atoms with Crippen molar-refractivity contribution in [3.8, 4) is 0 Å². The van der Waals surface area contributed by atoms with Crippen molar-refractivity contribution >= 4 is 17.7 Å². The Kier molecular flexibility index (Phi) is 6.02. The molecule has 1 amide bonds. The van der Waals surface area contributed by atoms with Crippen molar-refractivity contribution in [3.63, 3.8) is 0 Å². The Morgan fingerprint density at radius 1 is 1.32 bits per heavy atom. The van der Waals surface area contributed by atoms with Crippen molar-refractivity contribution in [3.05, 3.63) is 0 Å². The van der Waals surface area contributed by atoms with Crippen molar-refractivity contribution < 1.29 is 4.79 Å². The van der Waals surface area contributed by atoms with Crippen LogP contribution < -0.4 is 5.32 Å².